The molecule has 0 amide bonds. The first-order valence-electron chi connectivity index (χ1n) is 11.7. The highest BCUT2D eigenvalue weighted by atomic mass is 32.2. The van der Waals surface area contributed by atoms with Crippen LogP contribution in [0.25, 0.3) is 22.6 Å². The Morgan fingerprint density at radius 1 is 0.938 bits per heavy atom. The summed E-state index contributed by atoms with van der Waals surface area (Å²) in [6, 6.07) is 14.1. The van der Waals surface area contributed by atoms with Crippen molar-refractivity contribution in [3.63, 3.8) is 0 Å². The van der Waals surface area contributed by atoms with Crippen LogP contribution in [0.4, 0.5) is 0 Å². The summed E-state index contributed by atoms with van der Waals surface area (Å²) in [6.07, 6.45) is 23.9. The van der Waals surface area contributed by atoms with Gasteiger partial charge >= 0.3 is 0 Å². The van der Waals surface area contributed by atoms with Gasteiger partial charge in [-0.25, -0.2) is 0 Å². The minimum Gasteiger partial charge on any atom is -0.355 e. The molecule has 3 aliphatic carbocycles. The molecule has 1 N–H and O–H groups in total. The van der Waals surface area contributed by atoms with Crippen LogP contribution in [0.2, 0.25) is 0 Å². The zero-order chi connectivity index (χ0) is 21.1. The lowest BCUT2D eigenvalue weighted by molar-refractivity contribution is 0.817. The molecule has 7 rings (SSSR count). The molecular formula is C30H25NS. The van der Waals surface area contributed by atoms with Crippen molar-refractivity contribution in [1.82, 2.24) is 4.98 Å². The molecule has 3 unspecified atom stereocenters. The van der Waals surface area contributed by atoms with Crippen molar-refractivity contribution in [2.24, 2.45) is 0 Å². The first kappa shape index (κ1) is 18.6. The molecule has 1 nitrogen and oxygen atoms in total. The molecule has 1 aliphatic heterocycles. The largest absolute Gasteiger partial charge is 0.355 e. The first-order chi connectivity index (χ1) is 15.8. The summed E-state index contributed by atoms with van der Waals surface area (Å²) in [5, 5.41) is 1.95. The molecule has 3 atom stereocenters. The zero-order valence-corrected chi connectivity index (χ0v) is 18.7. The summed E-state index contributed by atoms with van der Waals surface area (Å²) < 4.78 is 0. The SMILES string of the molecule is C1=CCCC(c2ccc3[nH]c4c(c3c2)CC(c2ccc3c(c2)C2C=CC=CC2S3)C=C4)=C1. The number of rotatable bonds is 2. The molecular weight excluding hydrogens is 406 g/mol. The second-order valence-corrected chi connectivity index (χ2v) is 10.5. The lowest BCUT2D eigenvalue weighted by Crippen LogP contribution is -2.08. The van der Waals surface area contributed by atoms with Gasteiger partial charge in [-0.2, -0.15) is 0 Å². The molecule has 3 aromatic rings. The monoisotopic (exact) mass is 431 g/mol. The molecule has 0 fully saturated rings. The van der Waals surface area contributed by atoms with E-state index in [0.717, 1.165) is 19.3 Å². The number of H-pyrrole nitrogens is 1. The minimum absolute atomic E-state index is 0.430. The normalized spacial score (nSPS) is 25.0. The van der Waals surface area contributed by atoms with Crippen LogP contribution in [0, 0.1) is 0 Å². The number of thioether (sulfide) groups is 1. The fourth-order valence-corrected chi connectivity index (χ4v) is 7.02. The van der Waals surface area contributed by atoms with E-state index >= 15 is 0 Å². The van der Waals surface area contributed by atoms with Crippen molar-refractivity contribution in [2.45, 2.75) is 41.2 Å². The number of aromatic amines is 1. The predicted molar refractivity (Wildman–Crippen MR) is 137 cm³/mol. The van der Waals surface area contributed by atoms with Crippen LogP contribution in [0.5, 0.6) is 0 Å². The second-order valence-electron chi connectivity index (χ2n) is 9.28. The Labute approximate surface area is 193 Å². The van der Waals surface area contributed by atoms with Crippen LogP contribution in [0.3, 0.4) is 0 Å². The van der Waals surface area contributed by atoms with Gasteiger partial charge in [-0.3, -0.25) is 0 Å². The van der Waals surface area contributed by atoms with Crippen LogP contribution in [-0.4, -0.2) is 10.2 Å². The van der Waals surface area contributed by atoms with Gasteiger partial charge in [0, 0.05) is 38.6 Å². The van der Waals surface area contributed by atoms with E-state index in [0.29, 0.717) is 17.1 Å². The lowest BCUT2D eigenvalue weighted by atomic mass is 9.84. The van der Waals surface area contributed by atoms with E-state index in [1.165, 1.54) is 49.3 Å². The van der Waals surface area contributed by atoms with Gasteiger partial charge in [0.2, 0.25) is 0 Å². The maximum atomic E-state index is 3.66. The summed E-state index contributed by atoms with van der Waals surface area (Å²) in [4.78, 5) is 5.11. The molecule has 0 saturated carbocycles. The number of nitrogens with one attached hydrogen (secondary N) is 1. The minimum atomic E-state index is 0.430. The molecule has 0 radical (unpaired) electrons. The number of fused-ring (bicyclic) bond motifs is 6. The molecule has 0 bridgehead atoms. The zero-order valence-electron chi connectivity index (χ0n) is 17.9. The van der Waals surface area contributed by atoms with Crippen LogP contribution in [-0.2, 0) is 6.42 Å². The fourth-order valence-electron chi connectivity index (χ4n) is 5.69. The first-order valence-corrected chi connectivity index (χ1v) is 12.6. The Kier molecular flexibility index (Phi) is 4.23. The standard InChI is InChI=1S/C30H25NS/c1-2-6-19(7-3-1)20-10-13-27-24(16-20)25-17-21(11-14-28(25)31-27)22-12-15-30-26(18-22)23-8-4-5-9-29(23)32-30/h1-2,4-6,8-16,18,21,23,29,31H,3,7,17H2. The molecule has 2 heteroatoms. The van der Waals surface area contributed by atoms with Crippen LogP contribution < -0.4 is 0 Å². The number of hydrogen-bond donors (Lipinski definition) is 1. The third kappa shape index (κ3) is 2.93. The van der Waals surface area contributed by atoms with Crippen molar-refractivity contribution in [3.05, 3.63) is 113 Å². The van der Waals surface area contributed by atoms with Crippen molar-refractivity contribution in [3.8, 4) is 0 Å². The van der Waals surface area contributed by atoms with Gasteiger partial charge in [-0.05, 0) is 71.4 Å². The molecule has 2 heterocycles. The van der Waals surface area contributed by atoms with Crippen molar-refractivity contribution in [2.75, 3.05) is 0 Å². The van der Waals surface area contributed by atoms with Gasteiger partial charge in [0.05, 0.1) is 0 Å². The van der Waals surface area contributed by atoms with Crippen LogP contribution in [0.15, 0.2) is 89.9 Å². The highest BCUT2D eigenvalue weighted by Crippen LogP contribution is 2.49. The molecule has 1 aromatic heterocycles. The number of allylic oxidation sites excluding steroid dienone is 8. The fraction of sp³-hybridized carbons (Fsp3) is 0.200. The Balaban J connectivity index is 1.24. The maximum absolute atomic E-state index is 3.66. The highest BCUT2D eigenvalue weighted by Gasteiger charge is 2.32. The Hall–Kier alpha value is -2.97. The Morgan fingerprint density at radius 2 is 1.91 bits per heavy atom. The van der Waals surface area contributed by atoms with E-state index in [1.54, 1.807) is 0 Å². The van der Waals surface area contributed by atoms with Crippen LogP contribution in [0.1, 0.15) is 52.6 Å². The van der Waals surface area contributed by atoms with E-state index in [-0.39, 0.29) is 0 Å². The van der Waals surface area contributed by atoms with Crippen molar-refractivity contribution < 1.29 is 0 Å². The summed E-state index contributed by atoms with van der Waals surface area (Å²) in [7, 11) is 0. The van der Waals surface area contributed by atoms with E-state index in [2.05, 4.69) is 96.1 Å². The molecule has 2 aromatic carbocycles. The molecule has 0 spiro atoms. The van der Waals surface area contributed by atoms with Gasteiger partial charge in [0.1, 0.15) is 0 Å². The summed E-state index contributed by atoms with van der Waals surface area (Å²) in [6.45, 7) is 0. The number of hydrogen-bond acceptors (Lipinski definition) is 1. The Morgan fingerprint density at radius 3 is 2.84 bits per heavy atom. The third-order valence-electron chi connectivity index (χ3n) is 7.41. The van der Waals surface area contributed by atoms with Crippen LogP contribution >= 0.6 is 11.8 Å². The average Bonchev–Trinajstić information content (AvgIpc) is 3.41. The van der Waals surface area contributed by atoms with Crippen molar-refractivity contribution in [1.29, 1.82) is 0 Å². The number of aromatic nitrogens is 1. The van der Waals surface area contributed by atoms with E-state index in [1.807, 2.05) is 11.8 Å². The quantitative estimate of drug-likeness (QED) is 0.435. The number of benzene rings is 2. The summed E-state index contributed by atoms with van der Waals surface area (Å²) >= 11 is 2.01. The highest BCUT2D eigenvalue weighted by molar-refractivity contribution is 8.00. The molecule has 4 aliphatic rings. The van der Waals surface area contributed by atoms with E-state index < -0.39 is 0 Å². The van der Waals surface area contributed by atoms with Gasteiger partial charge < -0.3 is 4.98 Å². The second kappa shape index (κ2) is 7.28. The maximum Gasteiger partial charge on any atom is 0.0461 e. The van der Waals surface area contributed by atoms with E-state index in [4.69, 9.17) is 0 Å². The van der Waals surface area contributed by atoms with Gasteiger partial charge in [-0.15, -0.1) is 11.8 Å². The summed E-state index contributed by atoms with van der Waals surface area (Å²) in [5.41, 5.74) is 9.78. The molecule has 32 heavy (non-hydrogen) atoms. The average molecular weight is 432 g/mol. The molecule has 156 valence electrons. The topological polar surface area (TPSA) is 15.8 Å². The van der Waals surface area contributed by atoms with E-state index in [9.17, 15) is 0 Å². The van der Waals surface area contributed by atoms with Crippen molar-refractivity contribution >= 4 is 34.3 Å². The third-order valence-corrected chi connectivity index (χ3v) is 8.76. The van der Waals surface area contributed by atoms with Gasteiger partial charge in [0.25, 0.3) is 0 Å². The lowest BCUT2D eigenvalue weighted by Gasteiger charge is -2.20. The Bertz CT molecular complexity index is 1390. The smallest absolute Gasteiger partial charge is 0.0461 e. The van der Waals surface area contributed by atoms with Gasteiger partial charge in [-0.1, -0.05) is 66.8 Å². The predicted octanol–water partition coefficient (Wildman–Crippen LogP) is 7.94. The summed E-state index contributed by atoms with van der Waals surface area (Å²) in [5.74, 6) is 0.955. The van der Waals surface area contributed by atoms with Gasteiger partial charge in [0.15, 0.2) is 0 Å². The molecule has 0 saturated heterocycles.